The van der Waals surface area contributed by atoms with Crippen LogP contribution in [0.25, 0.3) is 0 Å². The summed E-state index contributed by atoms with van der Waals surface area (Å²) in [5.41, 5.74) is 2.38. The molecule has 4 heteroatoms. The minimum atomic E-state index is -0.178. The molecule has 4 nitrogen and oxygen atoms in total. The Morgan fingerprint density at radius 2 is 2.17 bits per heavy atom. The van der Waals surface area contributed by atoms with Crippen molar-refractivity contribution in [3.8, 4) is 0 Å². The van der Waals surface area contributed by atoms with Gasteiger partial charge in [0.05, 0.1) is 17.5 Å². The number of nitrogens with zero attached hydrogens (tertiary/aromatic N) is 2. The van der Waals surface area contributed by atoms with Crippen molar-refractivity contribution >= 4 is 0 Å². The van der Waals surface area contributed by atoms with Gasteiger partial charge in [-0.2, -0.15) is 5.10 Å². The molecule has 1 aromatic rings. The SMILES string of the molecule is CCc1cc(CNC2CCCCC2O)n(CC)n1. The Bertz CT molecular complexity index is 375. The zero-order valence-corrected chi connectivity index (χ0v) is 11.5. The molecule has 0 radical (unpaired) electrons. The second-order valence-electron chi connectivity index (χ2n) is 5.14. The molecule has 102 valence electrons. The summed E-state index contributed by atoms with van der Waals surface area (Å²) in [6.07, 6.45) is 5.20. The molecule has 1 saturated carbocycles. The van der Waals surface area contributed by atoms with Crippen molar-refractivity contribution in [1.29, 1.82) is 0 Å². The van der Waals surface area contributed by atoms with Gasteiger partial charge in [0.2, 0.25) is 0 Å². The van der Waals surface area contributed by atoms with Gasteiger partial charge in [0.1, 0.15) is 0 Å². The maximum atomic E-state index is 9.94. The van der Waals surface area contributed by atoms with Crippen LogP contribution in [-0.4, -0.2) is 27.0 Å². The van der Waals surface area contributed by atoms with Crippen LogP contribution in [0.5, 0.6) is 0 Å². The van der Waals surface area contributed by atoms with E-state index in [1.807, 2.05) is 0 Å². The lowest BCUT2D eigenvalue weighted by Gasteiger charge is -2.28. The van der Waals surface area contributed by atoms with E-state index < -0.39 is 0 Å². The first-order valence-corrected chi connectivity index (χ1v) is 7.21. The number of rotatable bonds is 5. The number of aliphatic hydroxyl groups excluding tert-OH is 1. The lowest BCUT2D eigenvalue weighted by molar-refractivity contribution is 0.0899. The van der Waals surface area contributed by atoms with Gasteiger partial charge in [0.25, 0.3) is 0 Å². The molecular weight excluding hydrogens is 226 g/mol. The van der Waals surface area contributed by atoms with Crippen LogP contribution >= 0.6 is 0 Å². The van der Waals surface area contributed by atoms with Gasteiger partial charge in [-0.3, -0.25) is 4.68 Å². The first kappa shape index (κ1) is 13.6. The summed E-state index contributed by atoms with van der Waals surface area (Å²) in [4.78, 5) is 0. The van der Waals surface area contributed by atoms with Gasteiger partial charge in [-0.15, -0.1) is 0 Å². The minimum Gasteiger partial charge on any atom is -0.392 e. The molecule has 2 rings (SSSR count). The smallest absolute Gasteiger partial charge is 0.0693 e. The van der Waals surface area contributed by atoms with Crippen LogP contribution < -0.4 is 5.32 Å². The maximum Gasteiger partial charge on any atom is 0.0693 e. The van der Waals surface area contributed by atoms with E-state index in [1.165, 1.54) is 12.1 Å². The van der Waals surface area contributed by atoms with E-state index in [-0.39, 0.29) is 12.1 Å². The van der Waals surface area contributed by atoms with Crippen LogP contribution in [0, 0.1) is 0 Å². The number of hydrogen-bond donors (Lipinski definition) is 2. The van der Waals surface area contributed by atoms with Crippen LogP contribution in [0.4, 0.5) is 0 Å². The zero-order valence-electron chi connectivity index (χ0n) is 11.5. The summed E-state index contributed by atoms with van der Waals surface area (Å²) in [7, 11) is 0. The number of aromatic nitrogens is 2. The predicted octanol–water partition coefficient (Wildman–Crippen LogP) is 1.86. The fraction of sp³-hybridized carbons (Fsp3) is 0.786. The standard InChI is InChI=1S/C14H25N3O/c1-3-11-9-12(17(4-2)16-11)10-15-13-7-5-6-8-14(13)18/h9,13-15,18H,3-8,10H2,1-2H3. The maximum absolute atomic E-state index is 9.94. The fourth-order valence-electron chi connectivity index (χ4n) is 2.69. The number of hydrogen-bond acceptors (Lipinski definition) is 3. The average Bonchev–Trinajstić information content (AvgIpc) is 2.80. The van der Waals surface area contributed by atoms with Gasteiger partial charge in [0, 0.05) is 19.1 Å². The largest absolute Gasteiger partial charge is 0.392 e. The third-order valence-electron chi connectivity index (χ3n) is 3.85. The molecule has 18 heavy (non-hydrogen) atoms. The highest BCUT2D eigenvalue weighted by molar-refractivity contribution is 5.10. The lowest BCUT2D eigenvalue weighted by Crippen LogP contribution is -2.41. The van der Waals surface area contributed by atoms with Crippen LogP contribution in [0.3, 0.4) is 0 Å². The fourth-order valence-corrected chi connectivity index (χ4v) is 2.69. The minimum absolute atomic E-state index is 0.178. The Kier molecular flexibility index (Phi) is 4.78. The molecule has 1 aliphatic rings. The van der Waals surface area contributed by atoms with Gasteiger partial charge < -0.3 is 10.4 Å². The number of nitrogens with one attached hydrogen (secondary N) is 1. The Hall–Kier alpha value is -0.870. The van der Waals surface area contributed by atoms with Crippen molar-refractivity contribution in [2.45, 2.75) is 71.2 Å². The van der Waals surface area contributed by atoms with Gasteiger partial charge in [-0.05, 0) is 32.3 Å². The molecule has 0 aromatic carbocycles. The van der Waals surface area contributed by atoms with Crippen LogP contribution in [0.1, 0.15) is 50.9 Å². The second kappa shape index (κ2) is 6.34. The van der Waals surface area contributed by atoms with Crippen molar-refractivity contribution in [3.63, 3.8) is 0 Å². The van der Waals surface area contributed by atoms with E-state index in [2.05, 4.69) is 35.0 Å². The molecule has 1 fully saturated rings. The zero-order chi connectivity index (χ0) is 13.0. The Morgan fingerprint density at radius 3 is 2.83 bits per heavy atom. The van der Waals surface area contributed by atoms with E-state index in [9.17, 15) is 5.11 Å². The van der Waals surface area contributed by atoms with Crippen molar-refractivity contribution in [1.82, 2.24) is 15.1 Å². The molecule has 0 bridgehead atoms. The van der Waals surface area contributed by atoms with E-state index in [4.69, 9.17) is 0 Å². The molecule has 1 aromatic heterocycles. The van der Waals surface area contributed by atoms with Crippen LogP contribution in [-0.2, 0) is 19.5 Å². The predicted molar refractivity (Wildman–Crippen MR) is 72.4 cm³/mol. The van der Waals surface area contributed by atoms with Crippen molar-refractivity contribution in [2.24, 2.45) is 0 Å². The molecule has 0 aliphatic heterocycles. The van der Waals surface area contributed by atoms with Crippen molar-refractivity contribution in [2.75, 3.05) is 0 Å². The first-order chi connectivity index (χ1) is 8.74. The van der Waals surface area contributed by atoms with E-state index in [0.717, 1.165) is 44.5 Å². The van der Waals surface area contributed by atoms with Gasteiger partial charge in [0.15, 0.2) is 0 Å². The molecule has 2 N–H and O–H groups in total. The quantitative estimate of drug-likeness (QED) is 0.840. The molecule has 2 atom stereocenters. The summed E-state index contributed by atoms with van der Waals surface area (Å²) in [5.74, 6) is 0. The third kappa shape index (κ3) is 3.12. The second-order valence-corrected chi connectivity index (χ2v) is 5.14. The number of aliphatic hydroxyl groups is 1. The summed E-state index contributed by atoms with van der Waals surface area (Å²) in [6.45, 7) is 5.96. The third-order valence-corrected chi connectivity index (χ3v) is 3.85. The van der Waals surface area contributed by atoms with E-state index in [1.54, 1.807) is 0 Å². The molecule has 0 saturated heterocycles. The van der Waals surface area contributed by atoms with E-state index in [0.29, 0.717) is 0 Å². The number of aryl methyl sites for hydroxylation is 2. The molecule has 0 spiro atoms. The van der Waals surface area contributed by atoms with Crippen molar-refractivity contribution < 1.29 is 5.11 Å². The summed E-state index contributed by atoms with van der Waals surface area (Å²) in [6, 6.07) is 2.43. The van der Waals surface area contributed by atoms with Gasteiger partial charge in [-0.25, -0.2) is 0 Å². The molecular formula is C14H25N3O. The van der Waals surface area contributed by atoms with E-state index >= 15 is 0 Å². The Labute approximate surface area is 109 Å². The highest BCUT2D eigenvalue weighted by Gasteiger charge is 2.22. The van der Waals surface area contributed by atoms with Crippen LogP contribution in [0.15, 0.2) is 6.07 Å². The summed E-state index contributed by atoms with van der Waals surface area (Å²) in [5, 5.41) is 18.0. The summed E-state index contributed by atoms with van der Waals surface area (Å²) < 4.78 is 2.06. The molecule has 1 aliphatic carbocycles. The summed E-state index contributed by atoms with van der Waals surface area (Å²) >= 11 is 0. The molecule has 2 unspecified atom stereocenters. The average molecular weight is 251 g/mol. The first-order valence-electron chi connectivity index (χ1n) is 7.21. The Morgan fingerprint density at radius 1 is 1.39 bits per heavy atom. The van der Waals surface area contributed by atoms with Crippen molar-refractivity contribution in [3.05, 3.63) is 17.5 Å². The normalized spacial score (nSPS) is 24.4. The Balaban J connectivity index is 1.94. The topological polar surface area (TPSA) is 50.1 Å². The monoisotopic (exact) mass is 251 g/mol. The molecule has 0 amide bonds. The highest BCUT2D eigenvalue weighted by atomic mass is 16.3. The van der Waals surface area contributed by atoms with Gasteiger partial charge in [-0.1, -0.05) is 19.8 Å². The molecule has 1 heterocycles. The lowest BCUT2D eigenvalue weighted by atomic mass is 9.92. The van der Waals surface area contributed by atoms with Gasteiger partial charge >= 0.3 is 0 Å². The highest BCUT2D eigenvalue weighted by Crippen LogP contribution is 2.18. The van der Waals surface area contributed by atoms with Crippen LogP contribution in [0.2, 0.25) is 0 Å².